The number of carbonyl (C=O) groups excluding carboxylic acids is 2. The van der Waals surface area contributed by atoms with Crippen molar-refractivity contribution in [1.82, 2.24) is 19.7 Å². The molecule has 0 radical (unpaired) electrons. The lowest BCUT2D eigenvalue weighted by molar-refractivity contribution is -0.139. The fraction of sp³-hybridized carbons (Fsp3) is 0.700. The Bertz CT molecular complexity index is 616. The molecular weight excluding hydrogens is 328 g/mol. The largest absolute Gasteiger partial charge is 0.357 e. The first-order valence-electron chi connectivity index (χ1n) is 10.2. The molecule has 3 heterocycles. The highest BCUT2D eigenvalue weighted by Crippen LogP contribution is 2.28. The number of carbonyl (C=O) groups is 2. The van der Waals surface area contributed by atoms with Crippen LogP contribution in [0, 0.1) is 5.92 Å². The van der Waals surface area contributed by atoms with Crippen LogP contribution in [0.25, 0.3) is 0 Å². The Morgan fingerprint density at radius 3 is 2.35 bits per heavy atom. The zero-order chi connectivity index (χ0) is 17.9. The molecule has 2 saturated heterocycles. The Morgan fingerprint density at radius 1 is 0.923 bits per heavy atom. The van der Waals surface area contributed by atoms with Crippen molar-refractivity contribution in [2.24, 2.45) is 5.92 Å². The van der Waals surface area contributed by atoms with E-state index in [9.17, 15) is 9.59 Å². The van der Waals surface area contributed by atoms with E-state index >= 15 is 0 Å². The highest BCUT2D eigenvalue weighted by Gasteiger charge is 2.34. The van der Waals surface area contributed by atoms with Crippen molar-refractivity contribution in [3.8, 4) is 0 Å². The number of piperidine rings is 1. The molecule has 3 aliphatic rings. The maximum atomic E-state index is 13.0. The second-order valence-electron chi connectivity index (χ2n) is 7.97. The molecule has 6 nitrogen and oxygen atoms in total. The number of piperazine rings is 1. The van der Waals surface area contributed by atoms with Crippen LogP contribution >= 0.6 is 0 Å². The predicted molar refractivity (Wildman–Crippen MR) is 99.8 cm³/mol. The van der Waals surface area contributed by atoms with Crippen LogP contribution in [0.2, 0.25) is 0 Å². The molecule has 0 unspecified atom stereocenters. The molecule has 1 aromatic rings. The molecule has 4 rings (SSSR count). The van der Waals surface area contributed by atoms with E-state index in [0.29, 0.717) is 43.8 Å². The van der Waals surface area contributed by atoms with E-state index in [1.54, 1.807) is 12.3 Å². The first-order chi connectivity index (χ1) is 12.7. The molecule has 26 heavy (non-hydrogen) atoms. The van der Waals surface area contributed by atoms with Crippen LogP contribution in [0.4, 0.5) is 0 Å². The van der Waals surface area contributed by atoms with Crippen LogP contribution in [0.1, 0.15) is 49.0 Å². The van der Waals surface area contributed by atoms with E-state index in [-0.39, 0.29) is 11.8 Å². The summed E-state index contributed by atoms with van der Waals surface area (Å²) in [5.41, 5.74) is 0.629. The van der Waals surface area contributed by atoms with E-state index < -0.39 is 0 Å². The van der Waals surface area contributed by atoms with E-state index in [4.69, 9.17) is 0 Å². The predicted octanol–water partition coefficient (Wildman–Crippen LogP) is 1.95. The summed E-state index contributed by atoms with van der Waals surface area (Å²) in [6, 6.07) is 4.35. The minimum Gasteiger partial charge on any atom is -0.357 e. The summed E-state index contributed by atoms with van der Waals surface area (Å²) >= 11 is 0. The average molecular weight is 358 g/mol. The summed E-state index contributed by atoms with van der Waals surface area (Å²) in [6.45, 7) is 4.67. The fourth-order valence-corrected chi connectivity index (χ4v) is 4.83. The van der Waals surface area contributed by atoms with Crippen molar-refractivity contribution in [3.05, 3.63) is 24.0 Å². The molecule has 1 aromatic heterocycles. The van der Waals surface area contributed by atoms with Crippen molar-refractivity contribution < 1.29 is 9.59 Å². The molecule has 0 spiro atoms. The van der Waals surface area contributed by atoms with Crippen molar-refractivity contribution >= 4 is 11.8 Å². The third-order valence-corrected chi connectivity index (χ3v) is 6.35. The quantitative estimate of drug-likeness (QED) is 0.898. The molecular formula is C20H30N4O2. The fourth-order valence-electron chi connectivity index (χ4n) is 4.83. The van der Waals surface area contributed by atoms with Gasteiger partial charge in [0, 0.05) is 45.0 Å². The number of aromatic amines is 1. The topological polar surface area (TPSA) is 59.7 Å². The summed E-state index contributed by atoms with van der Waals surface area (Å²) < 4.78 is 0. The zero-order valence-corrected chi connectivity index (χ0v) is 15.5. The van der Waals surface area contributed by atoms with Gasteiger partial charge in [0.1, 0.15) is 5.69 Å². The van der Waals surface area contributed by atoms with E-state index in [1.807, 2.05) is 15.9 Å². The summed E-state index contributed by atoms with van der Waals surface area (Å²) in [4.78, 5) is 34.8. The van der Waals surface area contributed by atoms with Gasteiger partial charge in [0.05, 0.1) is 5.92 Å². The third kappa shape index (κ3) is 3.65. The molecule has 1 saturated carbocycles. The number of hydrogen-bond donors (Lipinski definition) is 1. The Balaban J connectivity index is 1.29. The monoisotopic (exact) mass is 358 g/mol. The van der Waals surface area contributed by atoms with Gasteiger partial charge in [-0.15, -0.1) is 0 Å². The van der Waals surface area contributed by atoms with Gasteiger partial charge >= 0.3 is 0 Å². The van der Waals surface area contributed by atoms with Crippen LogP contribution in [-0.2, 0) is 4.79 Å². The number of aromatic nitrogens is 1. The maximum Gasteiger partial charge on any atom is 0.270 e. The van der Waals surface area contributed by atoms with Gasteiger partial charge in [-0.1, -0.05) is 12.8 Å². The van der Waals surface area contributed by atoms with Gasteiger partial charge in [-0.25, -0.2) is 0 Å². The molecule has 0 bridgehead atoms. The van der Waals surface area contributed by atoms with E-state index in [0.717, 1.165) is 25.9 Å². The van der Waals surface area contributed by atoms with Crippen molar-refractivity contribution in [2.75, 3.05) is 39.3 Å². The van der Waals surface area contributed by atoms with Gasteiger partial charge in [0.25, 0.3) is 5.91 Å². The highest BCUT2D eigenvalue weighted by atomic mass is 16.2. The van der Waals surface area contributed by atoms with Gasteiger partial charge in [-0.3, -0.25) is 14.5 Å². The lowest BCUT2D eigenvalue weighted by Gasteiger charge is -2.40. The average Bonchev–Trinajstić information content (AvgIpc) is 3.41. The molecule has 142 valence electrons. The summed E-state index contributed by atoms with van der Waals surface area (Å²) in [5.74, 6) is 0.488. The molecule has 1 N–H and O–H groups in total. The van der Waals surface area contributed by atoms with Gasteiger partial charge in [-0.05, 0) is 44.4 Å². The second kappa shape index (κ2) is 7.82. The number of rotatable bonds is 3. The normalized spacial score (nSPS) is 25.6. The molecule has 0 aromatic carbocycles. The molecule has 1 atom stereocenters. The summed E-state index contributed by atoms with van der Waals surface area (Å²) in [7, 11) is 0. The van der Waals surface area contributed by atoms with Crippen molar-refractivity contribution in [3.63, 3.8) is 0 Å². The lowest BCUT2D eigenvalue weighted by atomic mass is 9.94. The van der Waals surface area contributed by atoms with Crippen LogP contribution in [0.3, 0.4) is 0 Å². The van der Waals surface area contributed by atoms with Gasteiger partial charge in [0.15, 0.2) is 0 Å². The van der Waals surface area contributed by atoms with Crippen LogP contribution < -0.4 is 0 Å². The zero-order valence-electron chi connectivity index (χ0n) is 15.5. The number of nitrogens with zero attached hydrogens (tertiary/aromatic N) is 3. The van der Waals surface area contributed by atoms with Gasteiger partial charge < -0.3 is 14.8 Å². The van der Waals surface area contributed by atoms with Crippen molar-refractivity contribution in [2.45, 2.75) is 44.6 Å². The Hall–Kier alpha value is -1.82. The van der Waals surface area contributed by atoms with Crippen LogP contribution in [-0.4, -0.2) is 76.8 Å². The highest BCUT2D eigenvalue weighted by molar-refractivity contribution is 5.92. The SMILES string of the molecule is O=C(c1ccc[nH]1)N1CCN(C(=O)[C@@H]2CCCN(C3CCCC3)C2)CC1. The van der Waals surface area contributed by atoms with E-state index in [2.05, 4.69) is 9.88 Å². The van der Waals surface area contributed by atoms with Crippen LogP contribution in [0.5, 0.6) is 0 Å². The third-order valence-electron chi connectivity index (χ3n) is 6.35. The number of nitrogens with one attached hydrogen (secondary N) is 1. The number of likely N-dealkylation sites (tertiary alicyclic amines) is 1. The number of H-pyrrole nitrogens is 1. The van der Waals surface area contributed by atoms with Crippen molar-refractivity contribution in [1.29, 1.82) is 0 Å². The minimum atomic E-state index is 0.0344. The van der Waals surface area contributed by atoms with Gasteiger partial charge in [0.2, 0.25) is 5.91 Å². The Morgan fingerprint density at radius 2 is 1.65 bits per heavy atom. The first kappa shape index (κ1) is 17.6. The second-order valence-corrected chi connectivity index (χ2v) is 7.97. The minimum absolute atomic E-state index is 0.0344. The summed E-state index contributed by atoms with van der Waals surface area (Å²) in [6.07, 6.45) is 9.22. The molecule has 1 aliphatic carbocycles. The number of amides is 2. The standard InChI is InChI=1S/C20H30N4O2/c25-19(16-5-4-10-24(15-16)17-6-1-2-7-17)22-11-13-23(14-12-22)20(26)18-8-3-9-21-18/h3,8-9,16-17,21H,1-2,4-7,10-15H2/t16-/m1/s1. The van der Waals surface area contributed by atoms with Gasteiger partial charge in [-0.2, -0.15) is 0 Å². The molecule has 6 heteroatoms. The lowest BCUT2D eigenvalue weighted by Crippen LogP contribution is -2.54. The molecule has 2 aliphatic heterocycles. The Kier molecular flexibility index (Phi) is 5.29. The molecule has 2 amide bonds. The number of hydrogen-bond acceptors (Lipinski definition) is 3. The first-order valence-corrected chi connectivity index (χ1v) is 10.2. The Labute approximate surface area is 155 Å². The molecule has 3 fully saturated rings. The van der Waals surface area contributed by atoms with Crippen LogP contribution in [0.15, 0.2) is 18.3 Å². The summed E-state index contributed by atoms with van der Waals surface area (Å²) in [5, 5.41) is 0. The van der Waals surface area contributed by atoms with E-state index in [1.165, 1.54) is 25.7 Å². The maximum absolute atomic E-state index is 13.0. The smallest absolute Gasteiger partial charge is 0.270 e.